The number of rotatable bonds is 2. The average Bonchev–Trinajstić information content (AvgIpc) is 2.76. The zero-order valence-corrected chi connectivity index (χ0v) is 25.5. The van der Waals surface area contributed by atoms with Gasteiger partial charge in [-0.05, 0) is 79.9 Å². The zero-order chi connectivity index (χ0) is 24.5. The second kappa shape index (κ2) is 9.49. The predicted octanol–water partition coefficient (Wildman–Crippen LogP) is 9.05. The Morgan fingerprint density at radius 3 is 2.09 bits per heavy atom. The molecular weight excluding hydrogens is 878 g/mol. The summed E-state index contributed by atoms with van der Waals surface area (Å²) in [6.45, 7) is 0. The van der Waals surface area contributed by atoms with Crippen LogP contribution < -0.4 is 5.43 Å². The SMILES string of the molecule is O=C(O)c1c(Cl)c(Cl)c(Cl)c(Cl)c1-c1c2cc(I)c(=O)c(I)c-2oc2c(I)c(O)c(Cl)cc12. The molecular formula is C20H4Cl5I3O5. The fourth-order valence-corrected chi connectivity index (χ4v) is 7.20. The summed E-state index contributed by atoms with van der Waals surface area (Å²) in [6.07, 6.45) is 0. The minimum absolute atomic E-state index is 0.00769. The average molecular weight is 882 g/mol. The van der Waals surface area contributed by atoms with E-state index in [9.17, 15) is 19.8 Å². The van der Waals surface area contributed by atoms with Crippen LogP contribution in [-0.4, -0.2) is 16.2 Å². The monoisotopic (exact) mass is 880 g/mol. The highest BCUT2D eigenvalue weighted by Crippen LogP contribution is 2.52. The summed E-state index contributed by atoms with van der Waals surface area (Å²) in [7, 11) is 0. The second-order valence-electron chi connectivity index (χ2n) is 6.56. The topological polar surface area (TPSA) is 87.7 Å². The van der Waals surface area contributed by atoms with Gasteiger partial charge in [0.15, 0.2) is 17.1 Å². The lowest BCUT2D eigenvalue weighted by Gasteiger charge is -2.21. The standard InChI is InChI=1S/C20H4Cl5I3O5/c21-5-1-3-7(8-9(20(31)32)11(23)13(25)12(24)10(8)22)4-2-6(26)17(30)15(28)19(4)33-18(3)14(27)16(5)29/h1-2,29H,(H,31,32). The summed E-state index contributed by atoms with van der Waals surface area (Å²) in [5.41, 5.74) is 0.0883. The number of hydrogen-bond acceptors (Lipinski definition) is 4. The van der Waals surface area contributed by atoms with Crippen molar-refractivity contribution in [1.29, 1.82) is 0 Å². The first-order valence-electron chi connectivity index (χ1n) is 8.43. The van der Waals surface area contributed by atoms with Crippen LogP contribution in [-0.2, 0) is 0 Å². The molecule has 0 bridgehead atoms. The Kier molecular flexibility index (Phi) is 7.51. The van der Waals surface area contributed by atoms with Crippen LogP contribution in [0.15, 0.2) is 21.3 Å². The number of aromatic carboxylic acids is 1. The summed E-state index contributed by atoms with van der Waals surface area (Å²) in [5.74, 6) is -1.47. The van der Waals surface area contributed by atoms with Gasteiger partial charge >= 0.3 is 5.97 Å². The summed E-state index contributed by atoms with van der Waals surface area (Å²) >= 11 is 37.1. The highest BCUT2D eigenvalue weighted by molar-refractivity contribution is 14.1. The van der Waals surface area contributed by atoms with Crippen molar-refractivity contribution >= 4 is 143 Å². The molecule has 5 nitrogen and oxygen atoms in total. The molecule has 33 heavy (non-hydrogen) atoms. The lowest BCUT2D eigenvalue weighted by Crippen LogP contribution is -2.13. The number of phenolic OH excluding ortho intramolecular Hbond substituents is 1. The van der Waals surface area contributed by atoms with E-state index in [4.69, 9.17) is 62.4 Å². The number of carboxylic acids is 1. The van der Waals surface area contributed by atoms with Crippen molar-refractivity contribution in [2.24, 2.45) is 0 Å². The first kappa shape index (κ1) is 26.1. The molecule has 2 aliphatic rings. The fourth-order valence-electron chi connectivity index (χ4n) is 3.33. The minimum atomic E-state index is -1.40. The summed E-state index contributed by atoms with van der Waals surface area (Å²) < 4.78 is 6.91. The highest BCUT2D eigenvalue weighted by Gasteiger charge is 2.32. The Balaban J connectivity index is 2.43. The Bertz CT molecular complexity index is 1570. The molecule has 0 amide bonds. The molecule has 1 heterocycles. The Labute approximate surface area is 251 Å². The lowest BCUT2D eigenvalue weighted by molar-refractivity contribution is 0.0698. The molecule has 1 aliphatic carbocycles. The van der Waals surface area contributed by atoms with E-state index in [1.807, 2.05) is 67.8 Å². The van der Waals surface area contributed by atoms with E-state index >= 15 is 0 Å². The molecule has 4 rings (SSSR count). The third-order valence-electron chi connectivity index (χ3n) is 4.75. The van der Waals surface area contributed by atoms with Crippen LogP contribution in [0.2, 0.25) is 25.1 Å². The van der Waals surface area contributed by atoms with Crippen molar-refractivity contribution in [3.8, 4) is 28.2 Å². The van der Waals surface area contributed by atoms with Crippen LogP contribution in [0.4, 0.5) is 0 Å². The molecule has 0 spiro atoms. The van der Waals surface area contributed by atoms with E-state index < -0.39 is 5.97 Å². The van der Waals surface area contributed by atoms with Crippen molar-refractivity contribution in [1.82, 2.24) is 0 Å². The number of carbonyl (C=O) groups is 1. The first-order valence-corrected chi connectivity index (χ1v) is 13.6. The van der Waals surface area contributed by atoms with E-state index in [1.54, 1.807) is 6.07 Å². The van der Waals surface area contributed by atoms with E-state index in [1.165, 1.54) is 6.07 Å². The molecule has 2 aromatic carbocycles. The minimum Gasteiger partial charge on any atom is -0.505 e. The van der Waals surface area contributed by atoms with Gasteiger partial charge in [0.2, 0.25) is 5.43 Å². The van der Waals surface area contributed by atoms with E-state index in [0.29, 0.717) is 14.5 Å². The predicted molar refractivity (Wildman–Crippen MR) is 156 cm³/mol. The van der Waals surface area contributed by atoms with Crippen molar-refractivity contribution in [3.05, 3.63) is 63.7 Å². The summed E-state index contributed by atoms with van der Waals surface area (Å²) in [6, 6.07) is 2.96. The van der Waals surface area contributed by atoms with E-state index in [-0.39, 0.29) is 71.5 Å². The van der Waals surface area contributed by atoms with Gasteiger partial charge in [0.05, 0.1) is 37.8 Å². The molecule has 0 unspecified atom stereocenters. The molecule has 0 aromatic heterocycles. The molecule has 0 fully saturated rings. The number of carboxylic acid groups (broad SMARTS) is 1. The largest absolute Gasteiger partial charge is 0.505 e. The molecule has 0 saturated heterocycles. The van der Waals surface area contributed by atoms with Gasteiger partial charge < -0.3 is 14.6 Å². The maximum Gasteiger partial charge on any atom is 0.337 e. The fraction of sp³-hybridized carbons (Fsp3) is 0. The number of aromatic hydroxyl groups is 1. The summed E-state index contributed by atoms with van der Waals surface area (Å²) in [5, 5.41) is 19.9. The van der Waals surface area contributed by atoms with Crippen molar-refractivity contribution in [2.45, 2.75) is 0 Å². The van der Waals surface area contributed by atoms with Gasteiger partial charge in [-0.1, -0.05) is 58.0 Å². The molecule has 2 N–H and O–H groups in total. The third-order valence-corrected chi connectivity index (χ3v) is 9.63. The number of hydrogen-bond donors (Lipinski definition) is 2. The van der Waals surface area contributed by atoms with Gasteiger partial charge in [-0.15, -0.1) is 0 Å². The van der Waals surface area contributed by atoms with Gasteiger partial charge in [-0.2, -0.15) is 0 Å². The molecule has 1 aliphatic heterocycles. The molecule has 13 heteroatoms. The van der Waals surface area contributed by atoms with E-state index in [2.05, 4.69) is 0 Å². The molecule has 0 radical (unpaired) electrons. The van der Waals surface area contributed by atoms with Crippen LogP contribution in [0.5, 0.6) is 5.75 Å². The number of phenols is 1. The second-order valence-corrected chi connectivity index (χ2v) is 11.8. The highest BCUT2D eigenvalue weighted by atomic mass is 127. The van der Waals surface area contributed by atoms with Crippen molar-refractivity contribution in [2.75, 3.05) is 0 Å². The van der Waals surface area contributed by atoms with Gasteiger partial charge in [0.1, 0.15) is 3.57 Å². The third kappa shape index (κ3) is 4.09. The lowest BCUT2D eigenvalue weighted by atomic mass is 9.90. The van der Waals surface area contributed by atoms with Crippen molar-refractivity contribution < 1.29 is 19.4 Å². The van der Waals surface area contributed by atoms with Crippen LogP contribution in [0.1, 0.15) is 10.4 Å². The molecule has 0 atom stereocenters. The molecule has 0 saturated carbocycles. The maximum atomic E-state index is 12.6. The van der Waals surface area contributed by atoms with E-state index in [0.717, 1.165) is 0 Å². The Morgan fingerprint density at radius 2 is 1.48 bits per heavy atom. The normalized spacial score (nSPS) is 11.5. The van der Waals surface area contributed by atoms with Crippen molar-refractivity contribution in [3.63, 3.8) is 0 Å². The van der Waals surface area contributed by atoms with Gasteiger partial charge in [-0.25, -0.2) is 4.79 Å². The Morgan fingerprint density at radius 1 is 0.879 bits per heavy atom. The maximum absolute atomic E-state index is 12.6. The number of halogens is 8. The van der Waals surface area contributed by atoms with Crippen LogP contribution >= 0.6 is 126 Å². The Hall–Kier alpha value is 0.0400. The van der Waals surface area contributed by atoms with Gasteiger partial charge in [-0.3, -0.25) is 4.79 Å². The summed E-state index contributed by atoms with van der Waals surface area (Å²) in [4.78, 5) is 24.9. The smallest absolute Gasteiger partial charge is 0.337 e. The van der Waals surface area contributed by atoms with Gasteiger partial charge in [0, 0.05) is 22.1 Å². The molecule has 170 valence electrons. The molecule has 2 aromatic rings. The van der Waals surface area contributed by atoms with Gasteiger partial charge in [0.25, 0.3) is 0 Å². The quantitative estimate of drug-likeness (QED) is 0.0909. The number of benzene rings is 3. The number of fused-ring (bicyclic) bond motifs is 2. The first-order chi connectivity index (χ1) is 15.4. The van der Waals surface area contributed by atoms with Crippen LogP contribution in [0, 0.1) is 10.7 Å². The zero-order valence-electron chi connectivity index (χ0n) is 15.3. The van der Waals surface area contributed by atoms with Crippen LogP contribution in [0.3, 0.4) is 0 Å². The van der Waals surface area contributed by atoms with Crippen LogP contribution in [0.25, 0.3) is 33.4 Å².